The van der Waals surface area contributed by atoms with E-state index < -0.39 is 24.1 Å². The third-order valence-corrected chi connectivity index (χ3v) is 9.74. The van der Waals surface area contributed by atoms with Crippen molar-refractivity contribution in [3.63, 3.8) is 0 Å². The van der Waals surface area contributed by atoms with E-state index in [1.165, 1.54) is 36.8 Å². The van der Waals surface area contributed by atoms with Gasteiger partial charge in [0.25, 0.3) is 0 Å². The highest BCUT2D eigenvalue weighted by Gasteiger charge is 2.51. The Hall–Kier alpha value is -1.82. The fourth-order valence-electron chi connectivity index (χ4n) is 6.74. The van der Waals surface area contributed by atoms with Crippen molar-refractivity contribution in [2.45, 2.75) is 65.6 Å². The zero-order chi connectivity index (χ0) is 29.5. The van der Waals surface area contributed by atoms with E-state index in [0.29, 0.717) is 62.2 Å². The molecule has 2 saturated carbocycles. The van der Waals surface area contributed by atoms with Crippen LogP contribution in [0, 0.1) is 34.5 Å². The SMILES string of the molecule is CC1(C)C2CC=C(COCC(O)CNCCNCC(O)COCC3=CCC4CC3C4(C)C)C1C2.O=C(O)C(=O)O. The van der Waals surface area contributed by atoms with Gasteiger partial charge in [0.1, 0.15) is 0 Å². The van der Waals surface area contributed by atoms with Crippen molar-refractivity contribution < 1.29 is 39.5 Å². The number of aliphatic hydroxyl groups is 2. The molecule has 6 N–H and O–H groups in total. The molecule has 10 nitrogen and oxygen atoms in total. The minimum Gasteiger partial charge on any atom is -0.473 e. The van der Waals surface area contributed by atoms with E-state index in [4.69, 9.17) is 29.3 Å². The number of aliphatic carboxylic acids is 2. The molecule has 0 aromatic heterocycles. The van der Waals surface area contributed by atoms with Crippen LogP contribution in [0.15, 0.2) is 23.3 Å². The van der Waals surface area contributed by atoms with Gasteiger partial charge in [0.05, 0.1) is 38.6 Å². The average Bonchev–Trinajstić information content (AvgIpc) is 2.90. The van der Waals surface area contributed by atoms with E-state index in [-0.39, 0.29) is 0 Å². The van der Waals surface area contributed by atoms with Crippen molar-refractivity contribution in [2.75, 3.05) is 52.6 Å². The van der Waals surface area contributed by atoms with Crippen LogP contribution in [0.3, 0.4) is 0 Å². The average molecular weight is 567 g/mol. The summed E-state index contributed by atoms with van der Waals surface area (Å²) in [6.45, 7) is 14.0. The van der Waals surface area contributed by atoms with Crippen molar-refractivity contribution >= 4 is 11.9 Å². The van der Waals surface area contributed by atoms with Gasteiger partial charge in [-0.3, -0.25) is 0 Å². The van der Waals surface area contributed by atoms with Crippen LogP contribution in [0.25, 0.3) is 0 Å². The molecule has 4 bridgehead atoms. The number of nitrogens with one attached hydrogen (secondary N) is 2. The fraction of sp³-hybridized carbons (Fsp3) is 0.800. The lowest BCUT2D eigenvalue weighted by Crippen LogP contribution is -2.48. The Morgan fingerprint density at radius 3 is 1.48 bits per heavy atom. The third-order valence-electron chi connectivity index (χ3n) is 9.74. The number of aliphatic hydroxyl groups excluding tert-OH is 2. The Morgan fingerprint density at radius 1 is 0.800 bits per heavy atom. The molecule has 0 aliphatic heterocycles. The first kappa shape index (κ1) is 32.7. The maximum atomic E-state index is 10.2. The quantitative estimate of drug-likeness (QED) is 0.0985. The van der Waals surface area contributed by atoms with Crippen LogP contribution in [-0.2, 0) is 19.1 Å². The Kier molecular flexibility index (Phi) is 11.8. The lowest BCUT2D eigenvalue weighted by molar-refractivity contribution is -0.159. The second-order valence-corrected chi connectivity index (χ2v) is 13.0. The molecule has 40 heavy (non-hydrogen) atoms. The number of carbonyl (C=O) groups is 2. The van der Waals surface area contributed by atoms with Gasteiger partial charge in [0.15, 0.2) is 0 Å². The highest BCUT2D eigenvalue weighted by Crippen LogP contribution is 2.60. The summed E-state index contributed by atoms with van der Waals surface area (Å²) in [6.07, 6.45) is 8.67. The number of fused-ring (bicyclic) bond motifs is 2. The molecular formula is C30H50N2O8. The number of hydrogen-bond acceptors (Lipinski definition) is 8. The molecule has 6 rings (SSSR count). The molecule has 6 aliphatic carbocycles. The number of ether oxygens (including phenoxy) is 2. The lowest BCUT2D eigenvalue weighted by atomic mass is 9.49. The summed E-state index contributed by atoms with van der Waals surface area (Å²) >= 11 is 0. The Morgan fingerprint density at radius 2 is 1.18 bits per heavy atom. The molecule has 0 aromatic carbocycles. The van der Waals surface area contributed by atoms with Gasteiger partial charge in [-0.2, -0.15) is 0 Å². The minimum atomic E-state index is -1.82. The molecule has 0 spiro atoms. The fourth-order valence-corrected chi connectivity index (χ4v) is 6.74. The highest BCUT2D eigenvalue weighted by atomic mass is 16.5. The second kappa shape index (κ2) is 14.4. The number of carboxylic acids is 2. The van der Waals surface area contributed by atoms with Crippen molar-refractivity contribution in [3.8, 4) is 0 Å². The molecule has 6 unspecified atom stereocenters. The first-order chi connectivity index (χ1) is 18.8. The van der Waals surface area contributed by atoms with Gasteiger partial charge < -0.3 is 40.5 Å². The predicted molar refractivity (Wildman–Crippen MR) is 151 cm³/mol. The van der Waals surface area contributed by atoms with Crippen LogP contribution in [0.4, 0.5) is 0 Å². The number of rotatable bonds is 15. The lowest BCUT2D eigenvalue weighted by Gasteiger charge is -2.56. The van der Waals surface area contributed by atoms with Crippen LogP contribution >= 0.6 is 0 Å². The van der Waals surface area contributed by atoms with Crippen LogP contribution < -0.4 is 10.6 Å². The third kappa shape index (κ3) is 8.36. The summed E-state index contributed by atoms with van der Waals surface area (Å²) in [7, 11) is 0. The Balaban J connectivity index is 0.000000663. The molecule has 6 atom stereocenters. The summed E-state index contributed by atoms with van der Waals surface area (Å²) in [5.41, 5.74) is 3.70. The largest absolute Gasteiger partial charge is 0.473 e. The molecule has 0 radical (unpaired) electrons. The first-order valence-electron chi connectivity index (χ1n) is 14.6. The molecule has 0 aromatic rings. The summed E-state index contributed by atoms with van der Waals surface area (Å²) in [5.74, 6) is -0.637. The van der Waals surface area contributed by atoms with E-state index in [9.17, 15) is 10.2 Å². The monoisotopic (exact) mass is 566 g/mol. The van der Waals surface area contributed by atoms with Crippen LogP contribution in [0.5, 0.6) is 0 Å². The van der Waals surface area contributed by atoms with Crippen LogP contribution in [-0.4, -0.2) is 97.2 Å². The van der Waals surface area contributed by atoms with Gasteiger partial charge in [-0.1, -0.05) is 39.8 Å². The second-order valence-electron chi connectivity index (χ2n) is 13.0. The van der Waals surface area contributed by atoms with E-state index in [1.807, 2.05) is 0 Å². The zero-order valence-corrected chi connectivity index (χ0v) is 24.5. The Labute approximate surface area is 238 Å². The van der Waals surface area contributed by atoms with Gasteiger partial charge >= 0.3 is 11.9 Å². The van der Waals surface area contributed by atoms with E-state index in [2.05, 4.69) is 50.5 Å². The molecule has 6 aliphatic rings. The molecule has 10 heteroatoms. The van der Waals surface area contributed by atoms with Crippen molar-refractivity contribution in [3.05, 3.63) is 23.3 Å². The normalized spacial score (nSPS) is 28.4. The predicted octanol–water partition coefficient (Wildman–Crippen LogP) is 2.06. The molecule has 0 heterocycles. The van der Waals surface area contributed by atoms with E-state index in [1.54, 1.807) is 0 Å². The van der Waals surface area contributed by atoms with Gasteiger partial charge in [-0.15, -0.1) is 0 Å². The number of hydrogen-bond donors (Lipinski definition) is 6. The number of allylic oxidation sites excluding steroid dienone is 2. The maximum Gasteiger partial charge on any atom is 0.414 e. The molecule has 2 fully saturated rings. The molecular weight excluding hydrogens is 516 g/mol. The molecule has 0 amide bonds. The highest BCUT2D eigenvalue weighted by molar-refractivity contribution is 6.27. The molecule has 0 saturated heterocycles. The first-order valence-corrected chi connectivity index (χ1v) is 14.6. The summed E-state index contributed by atoms with van der Waals surface area (Å²) in [4.78, 5) is 18.2. The van der Waals surface area contributed by atoms with Crippen molar-refractivity contribution in [1.82, 2.24) is 10.6 Å². The van der Waals surface area contributed by atoms with Gasteiger partial charge in [-0.25, -0.2) is 9.59 Å². The number of carboxylic acid groups (broad SMARTS) is 2. The van der Waals surface area contributed by atoms with Gasteiger partial charge in [0.2, 0.25) is 0 Å². The van der Waals surface area contributed by atoms with E-state index in [0.717, 1.165) is 24.9 Å². The van der Waals surface area contributed by atoms with Crippen molar-refractivity contribution in [2.24, 2.45) is 34.5 Å². The Bertz CT molecular complexity index is 857. The van der Waals surface area contributed by atoms with E-state index >= 15 is 0 Å². The smallest absolute Gasteiger partial charge is 0.414 e. The summed E-state index contributed by atoms with van der Waals surface area (Å²) in [5, 5.41) is 41.6. The molecule has 228 valence electrons. The van der Waals surface area contributed by atoms with Crippen LogP contribution in [0.1, 0.15) is 53.4 Å². The summed E-state index contributed by atoms with van der Waals surface area (Å²) in [6, 6.07) is 0. The van der Waals surface area contributed by atoms with Gasteiger partial charge in [0, 0.05) is 26.2 Å². The maximum absolute atomic E-state index is 10.2. The minimum absolute atomic E-state index is 0.361. The summed E-state index contributed by atoms with van der Waals surface area (Å²) < 4.78 is 11.6. The van der Waals surface area contributed by atoms with Crippen LogP contribution in [0.2, 0.25) is 0 Å². The topological polar surface area (TPSA) is 158 Å². The van der Waals surface area contributed by atoms with Crippen molar-refractivity contribution in [1.29, 1.82) is 0 Å². The standard InChI is InChI=1S/C28H48N2O4.C2H2O4/c1-27(2)21-7-5-19(25(27)11-21)15-33-17-23(31)13-29-9-10-30-14-24(32)18-34-16-20-6-8-22-12-26(20)28(22,3)4;3-1(4)2(5)6/h5-6,21-26,29-32H,7-18H2,1-4H3;(H,3,4)(H,5,6). The van der Waals surface area contributed by atoms with Gasteiger partial charge in [-0.05, 0) is 71.3 Å². The zero-order valence-electron chi connectivity index (χ0n) is 24.5.